The summed E-state index contributed by atoms with van der Waals surface area (Å²) in [6.45, 7) is 9.33. The molecule has 1 fully saturated rings. The monoisotopic (exact) mass is 237 g/mol. The third-order valence-corrected chi connectivity index (χ3v) is 4.93. The summed E-state index contributed by atoms with van der Waals surface area (Å²) in [5, 5.41) is 3.37. The maximum atomic E-state index is 3.37. The van der Waals surface area contributed by atoms with Crippen molar-refractivity contribution < 1.29 is 0 Å². The first-order valence-corrected chi connectivity index (χ1v) is 7.49. The van der Waals surface area contributed by atoms with Crippen LogP contribution >= 0.6 is 0 Å². The molecule has 0 radical (unpaired) electrons. The van der Waals surface area contributed by atoms with E-state index in [1.807, 2.05) is 0 Å². The lowest BCUT2D eigenvalue weighted by molar-refractivity contribution is 0.118. The Kier molecular flexibility index (Phi) is 6.08. The Hall–Kier alpha value is -0.460. The van der Waals surface area contributed by atoms with Gasteiger partial charge in [-0.3, -0.25) is 0 Å². The smallest absolute Gasteiger partial charge is 0.00922 e. The summed E-state index contributed by atoms with van der Waals surface area (Å²) in [6.07, 6.45) is 9.41. The average Bonchev–Trinajstić information content (AvgIpc) is 2.26. The first kappa shape index (κ1) is 14.6. The van der Waals surface area contributed by atoms with Crippen LogP contribution in [0.25, 0.3) is 0 Å². The van der Waals surface area contributed by atoms with Gasteiger partial charge in [0.2, 0.25) is 0 Å². The Bertz CT molecular complexity index is 240. The van der Waals surface area contributed by atoms with Crippen LogP contribution < -0.4 is 5.32 Å². The van der Waals surface area contributed by atoms with Crippen LogP contribution in [0.4, 0.5) is 0 Å². The highest BCUT2D eigenvalue weighted by molar-refractivity contribution is 5.04. The van der Waals surface area contributed by atoms with Gasteiger partial charge in [-0.1, -0.05) is 59.0 Å². The molecule has 17 heavy (non-hydrogen) atoms. The largest absolute Gasteiger partial charge is 0.391 e. The van der Waals surface area contributed by atoms with Gasteiger partial charge in [-0.2, -0.15) is 0 Å². The molecule has 0 aromatic carbocycles. The fourth-order valence-corrected chi connectivity index (χ4v) is 3.42. The van der Waals surface area contributed by atoms with Gasteiger partial charge in [0.05, 0.1) is 0 Å². The van der Waals surface area contributed by atoms with Crippen LogP contribution in [0, 0.1) is 23.7 Å². The molecule has 0 bridgehead atoms. The van der Waals surface area contributed by atoms with Crippen molar-refractivity contribution in [2.75, 3.05) is 7.05 Å². The molecular formula is C16H31N. The Morgan fingerprint density at radius 2 is 2.00 bits per heavy atom. The molecule has 3 unspecified atom stereocenters. The van der Waals surface area contributed by atoms with Crippen molar-refractivity contribution >= 4 is 0 Å². The zero-order chi connectivity index (χ0) is 12.8. The van der Waals surface area contributed by atoms with E-state index in [0.29, 0.717) is 5.92 Å². The SMILES string of the molecule is C/C=C(/NC)C(C)C(C)C(CCC)C1CCC1. The van der Waals surface area contributed by atoms with Gasteiger partial charge >= 0.3 is 0 Å². The summed E-state index contributed by atoms with van der Waals surface area (Å²) >= 11 is 0. The maximum Gasteiger partial charge on any atom is 0.00922 e. The first-order valence-electron chi connectivity index (χ1n) is 7.49. The van der Waals surface area contributed by atoms with Crippen molar-refractivity contribution in [1.29, 1.82) is 0 Å². The first-order chi connectivity index (χ1) is 8.15. The third kappa shape index (κ3) is 3.50. The average molecular weight is 237 g/mol. The lowest BCUT2D eigenvalue weighted by atomic mass is 9.66. The number of hydrogen-bond donors (Lipinski definition) is 1. The molecule has 1 heteroatoms. The predicted octanol–water partition coefficient (Wildman–Crippen LogP) is 4.60. The van der Waals surface area contributed by atoms with Crippen molar-refractivity contribution in [3.05, 3.63) is 11.8 Å². The van der Waals surface area contributed by atoms with E-state index < -0.39 is 0 Å². The zero-order valence-corrected chi connectivity index (χ0v) is 12.4. The van der Waals surface area contributed by atoms with E-state index in [4.69, 9.17) is 0 Å². The summed E-state index contributed by atoms with van der Waals surface area (Å²) in [5.74, 6) is 3.43. The second-order valence-corrected chi connectivity index (χ2v) is 5.79. The minimum absolute atomic E-state index is 0.669. The fraction of sp³-hybridized carbons (Fsp3) is 0.875. The molecule has 0 aliphatic heterocycles. The van der Waals surface area contributed by atoms with Gasteiger partial charge in [-0.25, -0.2) is 0 Å². The van der Waals surface area contributed by atoms with Crippen LogP contribution in [0.1, 0.15) is 59.8 Å². The molecule has 0 saturated heterocycles. The summed E-state index contributed by atoms with van der Waals surface area (Å²) in [6, 6.07) is 0. The van der Waals surface area contributed by atoms with E-state index in [1.54, 1.807) is 0 Å². The molecule has 1 saturated carbocycles. The highest BCUT2D eigenvalue weighted by Gasteiger charge is 2.33. The molecule has 100 valence electrons. The van der Waals surface area contributed by atoms with E-state index in [9.17, 15) is 0 Å². The summed E-state index contributed by atoms with van der Waals surface area (Å²) in [5.41, 5.74) is 1.41. The third-order valence-electron chi connectivity index (χ3n) is 4.93. The van der Waals surface area contributed by atoms with Crippen molar-refractivity contribution in [2.45, 2.75) is 59.8 Å². The Balaban J connectivity index is 2.65. The predicted molar refractivity (Wildman–Crippen MR) is 76.9 cm³/mol. The van der Waals surface area contributed by atoms with E-state index in [0.717, 1.165) is 17.8 Å². The molecule has 0 amide bonds. The molecule has 1 N–H and O–H groups in total. The molecule has 0 spiro atoms. The van der Waals surface area contributed by atoms with Crippen LogP contribution in [-0.4, -0.2) is 7.05 Å². The highest BCUT2D eigenvalue weighted by atomic mass is 14.8. The number of allylic oxidation sites excluding steroid dienone is 2. The summed E-state index contributed by atoms with van der Waals surface area (Å²) in [7, 11) is 2.05. The molecule has 1 aliphatic rings. The Morgan fingerprint density at radius 3 is 2.35 bits per heavy atom. The number of nitrogens with one attached hydrogen (secondary N) is 1. The Morgan fingerprint density at radius 1 is 1.35 bits per heavy atom. The van der Waals surface area contributed by atoms with E-state index >= 15 is 0 Å². The quantitative estimate of drug-likeness (QED) is 0.682. The van der Waals surface area contributed by atoms with Crippen LogP contribution in [0.5, 0.6) is 0 Å². The minimum Gasteiger partial charge on any atom is -0.391 e. The van der Waals surface area contributed by atoms with E-state index in [1.165, 1.54) is 37.8 Å². The molecular weight excluding hydrogens is 206 g/mol. The van der Waals surface area contributed by atoms with Crippen molar-refractivity contribution in [3.8, 4) is 0 Å². The molecule has 1 nitrogen and oxygen atoms in total. The summed E-state index contributed by atoms with van der Waals surface area (Å²) in [4.78, 5) is 0. The number of rotatable bonds is 7. The minimum atomic E-state index is 0.669. The molecule has 0 heterocycles. The molecule has 1 aliphatic carbocycles. The normalized spacial score (nSPS) is 22.8. The van der Waals surface area contributed by atoms with Gasteiger partial charge in [0.1, 0.15) is 0 Å². The van der Waals surface area contributed by atoms with Crippen molar-refractivity contribution in [1.82, 2.24) is 5.32 Å². The standard InChI is InChI=1S/C16H31N/c1-6-9-15(14-10-8-11-14)12(3)13(4)16(7-2)17-5/h7,12-15,17H,6,8-11H2,1-5H3/b16-7+. The maximum absolute atomic E-state index is 3.37. The number of hydrogen-bond acceptors (Lipinski definition) is 1. The summed E-state index contributed by atoms with van der Waals surface area (Å²) < 4.78 is 0. The molecule has 1 rings (SSSR count). The fourth-order valence-electron chi connectivity index (χ4n) is 3.42. The van der Waals surface area contributed by atoms with Gasteiger partial charge in [-0.05, 0) is 30.6 Å². The van der Waals surface area contributed by atoms with Gasteiger partial charge in [-0.15, -0.1) is 0 Å². The van der Waals surface area contributed by atoms with Gasteiger partial charge in [0, 0.05) is 12.7 Å². The molecule has 0 aromatic heterocycles. The zero-order valence-electron chi connectivity index (χ0n) is 12.4. The lowest BCUT2D eigenvalue weighted by Crippen LogP contribution is -2.32. The van der Waals surface area contributed by atoms with Crippen LogP contribution in [0.15, 0.2) is 11.8 Å². The second-order valence-electron chi connectivity index (χ2n) is 5.79. The Labute approximate surface area is 108 Å². The van der Waals surface area contributed by atoms with Crippen LogP contribution in [-0.2, 0) is 0 Å². The van der Waals surface area contributed by atoms with E-state index in [-0.39, 0.29) is 0 Å². The molecule has 0 aromatic rings. The van der Waals surface area contributed by atoms with Gasteiger partial charge in [0.15, 0.2) is 0 Å². The highest BCUT2D eigenvalue weighted by Crippen LogP contribution is 2.42. The van der Waals surface area contributed by atoms with Crippen LogP contribution in [0.3, 0.4) is 0 Å². The topological polar surface area (TPSA) is 12.0 Å². The van der Waals surface area contributed by atoms with Crippen molar-refractivity contribution in [3.63, 3.8) is 0 Å². The van der Waals surface area contributed by atoms with E-state index in [2.05, 4.69) is 46.1 Å². The van der Waals surface area contributed by atoms with Gasteiger partial charge in [0.25, 0.3) is 0 Å². The lowest BCUT2D eigenvalue weighted by Gasteiger charge is -2.40. The second kappa shape index (κ2) is 7.08. The van der Waals surface area contributed by atoms with Crippen LogP contribution in [0.2, 0.25) is 0 Å². The van der Waals surface area contributed by atoms with Crippen molar-refractivity contribution in [2.24, 2.45) is 23.7 Å². The molecule has 3 atom stereocenters. The van der Waals surface area contributed by atoms with Gasteiger partial charge < -0.3 is 5.32 Å².